The van der Waals surface area contributed by atoms with Crippen molar-refractivity contribution in [2.24, 2.45) is 0 Å². The van der Waals surface area contributed by atoms with E-state index in [2.05, 4.69) is 0 Å². The maximum absolute atomic E-state index is 11.8. The van der Waals surface area contributed by atoms with E-state index in [1.165, 1.54) is 11.9 Å². The van der Waals surface area contributed by atoms with E-state index in [1.54, 1.807) is 4.90 Å². The van der Waals surface area contributed by atoms with E-state index in [0.717, 1.165) is 37.9 Å². The first-order valence-corrected chi connectivity index (χ1v) is 7.50. The first kappa shape index (κ1) is 16.1. The van der Waals surface area contributed by atoms with Crippen molar-refractivity contribution < 1.29 is 19.1 Å². The van der Waals surface area contributed by atoms with Crippen molar-refractivity contribution in [3.8, 4) is 0 Å². The molecule has 6 nitrogen and oxygen atoms in total. The molecule has 6 heteroatoms. The van der Waals surface area contributed by atoms with Crippen LogP contribution in [0.5, 0.6) is 0 Å². The molecule has 1 saturated heterocycles. The van der Waals surface area contributed by atoms with Crippen molar-refractivity contribution in [2.45, 2.75) is 25.9 Å². The van der Waals surface area contributed by atoms with Gasteiger partial charge in [-0.2, -0.15) is 0 Å². The zero-order valence-corrected chi connectivity index (χ0v) is 12.9. The van der Waals surface area contributed by atoms with Crippen molar-refractivity contribution in [1.29, 1.82) is 0 Å². The smallest absolute Gasteiger partial charge is 0.412 e. The number of nitrogens with zero attached hydrogens (tertiary/aromatic N) is 2. The van der Waals surface area contributed by atoms with Gasteiger partial charge in [0.2, 0.25) is 0 Å². The average molecular weight is 306 g/mol. The van der Waals surface area contributed by atoms with Crippen LogP contribution >= 0.6 is 0 Å². The van der Waals surface area contributed by atoms with Gasteiger partial charge in [-0.15, -0.1) is 0 Å². The van der Waals surface area contributed by atoms with Crippen LogP contribution in [0, 0.1) is 0 Å². The molecular formula is C16H22N2O4. The first-order valence-electron chi connectivity index (χ1n) is 7.50. The number of likely N-dealkylation sites (tertiary alicyclic amines) is 1. The van der Waals surface area contributed by atoms with Crippen LogP contribution < -0.4 is 0 Å². The molecule has 0 bridgehead atoms. The van der Waals surface area contributed by atoms with E-state index in [4.69, 9.17) is 9.47 Å². The highest BCUT2D eigenvalue weighted by molar-refractivity contribution is 5.69. The summed E-state index contributed by atoms with van der Waals surface area (Å²) in [5.41, 5.74) is 0.912. The molecule has 0 aromatic heterocycles. The van der Waals surface area contributed by atoms with E-state index in [1.807, 2.05) is 30.3 Å². The highest BCUT2D eigenvalue weighted by Crippen LogP contribution is 2.10. The van der Waals surface area contributed by atoms with E-state index in [-0.39, 0.29) is 19.4 Å². The molecule has 2 rings (SSSR count). The van der Waals surface area contributed by atoms with Crippen LogP contribution in [0.3, 0.4) is 0 Å². The minimum absolute atomic E-state index is 0.108. The third kappa shape index (κ3) is 4.95. The van der Waals surface area contributed by atoms with E-state index in [9.17, 15) is 9.59 Å². The van der Waals surface area contributed by atoms with Gasteiger partial charge in [0.1, 0.15) is 6.61 Å². The van der Waals surface area contributed by atoms with Crippen molar-refractivity contribution in [3.63, 3.8) is 0 Å². The molecule has 1 fully saturated rings. The van der Waals surface area contributed by atoms with Gasteiger partial charge in [-0.1, -0.05) is 30.3 Å². The molecule has 0 spiro atoms. The van der Waals surface area contributed by atoms with Crippen LogP contribution in [-0.4, -0.2) is 48.9 Å². The molecule has 0 atom stereocenters. The summed E-state index contributed by atoms with van der Waals surface area (Å²) >= 11 is 0. The summed E-state index contributed by atoms with van der Waals surface area (Å²) < 4.78 is 10.3. The number of rotatable bonds is 4. The molecule has 120 valence electrons. The minimum Gasteiger partial charge on any atom is -0.444 e. The third-order valence-electron chi connectivity index (χ3n) is 3.51. The zero-order chi connectivity index (χ0) is 15.8. The average Bonchev–Trinajstić information content (AvgIpc) is 2.58. The Morgan fingerprint density at radius 1 is 1.09 bits per heavy atom. The summed E-state index contributed by atoms with van der Waals surface area (Å²) in [7, 11) is 1.54. The van der Waals surface area contributed by atoms with Gasteiger partial charge in [0.05, 0.1) is 0 Å². The Morgan fingerprint density at radius 3 is 2.45 bits per heavy atom. The predicted octanol–water partition coefficient (Wildman–Crippen LogP) is 2.84. The lowest BCUT2D eigenvalue weighted by Crippen LogP contribution is -2.39. The number of amides is 2. The molecule has 1 heterocycles. The van der Waals surface area contributed by atoms with Gasteiger partial charge in [-0.3, -0.25) is 4.90 Å². The second kappa shape index (κ2) is 8.26. The van der Waals surface area contributed by atoms with Gasteiger partial charge < -0.3 is 14.4 Å². The molecule has 2 amide bonds. The number of hydrogen-bond acceptors (Lipinski definition) is 4. The molecule has 1 aliphatic rings. The molecule has 0 aliphatic carbocycles. The summed E-state index contributed by atoms with van der Waals surface area (Å²) in [6.07, 6.45) is 2.27. The van der Waals surface area contributed by atoms with Gasteiger partial charge in [-0.25, -0.2) is 9.59 Å². The van der Waals surface area contributed by atoms with E-state index in [0.29, 0.717) is 0 Å². The summed E-state index contributed by atoms with van der Waals surface area (Å²) in [5.74, 6) is 0. The number of carbonyl (C=O) groups is 2. The molecule has 1 aliphatic heterocycles. The summed E-state index contributed by atoms with van der Waals surface area (Å²) in [6, 6.07) is 9.42. The second-order valence-corrected chi connectivity index (χ2v) is 5.33. The topological polar surface area (TPSA) is 59.1 Å². The Balaban J connectivity index is 1.68. The number of carbonyl (C=O) groups excluding carboxylic acids is 2. The Bertz CT molecular complexity index is 486. The van der Waals surface area contributed by atoms with E-state index < -0.39 is 6.09 Å². The zero-order valence-electron chi connectivity index (χ0n) is 12.9. The Labute approximate surface area is 130 Å². The molecule has 1 aromatic rings. The van der Waals surface area contributed by atoms with Gasteiger partial charge in [-0.05, 0) is 24.8 Å². The Kier molecular flexibility index (Phi) is 6.06. The fourth-order valence-corrected chi connectivity index (χ4v) is 2.20. The van der Waals surface area contributed by atoms with Crippen molar-refractivity contribution in [1.82, 2.24) is 9.80 Å². The first-order chi connectivity index (χ1) is 10.7. The van der Waals surface area contributed by atoms with Crippen LogP contribution in [-0.2, 0) is 16.1 Å². The predicted molar refractivity (Wildman–Crippen MR) is 81.2 cm³/mol. The van der Waals surface area contributed by atoms with Crippen LogP contribution in [0.4, 0.5) is 9.59 Å². The summed E-state index contributed by atoms with van der Waals surface area (Å²) in [4.78, 5) is 26.5. The molecule has 0 unspecified atom stereocenters. The van der Waals surface area contributed by atoms with Crippen molar-refractivity contribution in [3.05, 3.63) is 35.9 Å². The maximum Gasteiger partial charge on any atom is 0.412 e. The number of benzene rings is 1. The van der Waals surface area contributed by atoms with E-state index >= 15 is 0 Å². The summed E-state index contributed by atoms with van der Waals surface area (Å²) in [6.45, 7) is 1.54. The molecular weight excluding hydrogens is 284 g/mol. The molecule has 0 saturated carbocycles. The normalized spacial score (nSPS) is 14.3. The largest absolute Gasteiger partial charge is 0.444 e. The lowest BCUT2D eigenvalue weighted by Gasteiger charge is -2.26. The highest BCUT2D eigenvalue weighted by atomic mass is 16.6. The van der Waals surface area contributed by atoms with Gasteiger partial charge in [0.15, 0.2) is 6.73 Å². The maximum atomic E-state index is 11.8. The van der Waals surface area contributed by atoms with Gasteiger partial charge in [0.25, 0.3) is 0 Å². The molecule has 1 aromatic carbocycles. The van der Waals surface area contributed by atoms with Crippen molar-refractivity contribution in [2.75, 3.05) is 26.9 Å². The van der Waals surface area contributed by atoms with Crippen LogP contribution in [0.1, 0.15) is 24.8 Å². The summed E-state index contributed by atoms with van der Waals surface area (Å²) in [5, 5.41) is 0. The number of ether oxygens (including phenoxy) is 2. The molecule has 0 N–H and O–H groups in total. The van der Waals surface area contributed by atoms with Crippen LogP contribution in [0.15, 0.2) is 30.3 Å². The number of piperidine rings is 1. The highest BCUT2D eigenvalue weighted by Gasteiger charge is 2.19. The monoisotopic (exact) mass is 306 g/mol. The number of hydrogen-bond donors (Lipinski definition) is 0. The SMILES string of the molecule is CN(COC(=O)N1CCCCC1)C(=O)OCc1ccccc1. The standard InChI is InChI=1S/C16H22N2O4/c1-17(13-22-16(20)18-10-6-3-7-11-18)15(19)21-12-14-8-4-2-5-9-14/h2,4-5,8-9H,3,6-7,10-13H2,1H3. The van der Waals surface area contributed by atoms with Crippen LogP contribution in [0.2, 0.25) is 0 Å². The van der Waals surface area contributed by atoms with Crippen molar-refractivity contribution >= 4 is 12.2 Å². The third-order valence-corrected chi connectivity index (χ3v) is 3.51. The quantitative estimate of drug-likeness (QED) is 0.803. The van der Waals surface area contributed by atoms with Gasteiger partial charge >= 0.3 is 12.2 Å². The molecule has 22 heavy (non-hydrogen) atoms. The van der Waals surface area contributed by atoms with Crippen LogP contribution in [0.25, 0.3) is 0 Å². The molecule has 0 radical (unpaired) electrons. The van der Waals surface area contributed by atoms with Gasteiger partial charge in [0, 0.05) is 20.1 Å². The fraction of sp³-hybridized carbons (Fsp3) is 0.500. The minimum atomic E-state index is -0.518. The Morgan fingerprint density at radius 2 is 1.77 bits per heavy atom. The fourth-order valence-electron chi connectivity index (χ4n) is 2.20. The Hall–Kier alpha value is -2.24. The second-order valence-electron chi connectivity index (χ2n) is 5.33. The lowest BCUT2D eigenvalue weighted by atomic mass is 10.1. The lowest BCUT2D eigenvalue weighted by molar-refractivity contribution is 0.0379.